The van der Waals surface area contributed by atoms with Crippen molar-refractivity contribution in [3.8, 4) is 0 Å². The highest BCUT2D eigenvalue weighted by molar-refractivity contribution is 7.99. The van der Waals surface area contributed by atoms with E-state index in [-0.39, 0.29) is 29.9 Å². The minimum absolute atomic E-state index is 0.101. The van der Waals surface area contributed by atoms with Crippen molar-refractivity contribution < 1.29 is 18.9 Å². The molecule has 4 nitrogen and oxygen atoms in total. The Kier molecular flexibility index (Phi) is 7.11. The van der Waals surface area contributed by atoms with Crippen LogP contribution in [0.3, 0.4) is 0 Å². The fourth-order valence-corrected chi connectivity index (χ4v) is 4.43. The van der Waals surface area contributed by atoms with Crippen LogP contribution in [0, 0.1) is 0 Å². The topological polar surface area (TPSA) is 36.9 Å². The molecule has 1 saturated heterocycles. The lowest BCUT2D eigenvalue weighted by molar-refractivity contribution is -0.226. The van der Waals surface area contributed by atoms with E-state index in [2.05, 4.69) is 24.3 Å². The summed E-state index contributed by atoms with van der Waals surface area (Å²) in [6.45, 7) is 2.55. The molecule has 0 radical (unpaired) electrons. The van der Waals surface area contributed by atoms with Gasteiger partial charge in [-0.1, -0.05) is 60.3 Å². The molecule has 0 aliphatic carbocycles. The van der Waals surface area contributed by atoms with Crippen LogP contribution >= 0.6 is 11.8 Å². The molecule has 140 valence electrons. The normalized spacial score (nSPS) is 28.8. The van der Waals surface area contributed by atoms with Gasteiger partial charge in [-0.25, -0.2) is 0 Å². The van der Waals surface area contributed by atoms with Gasteiger partial charge in [0.25, 0.3) is 0 Å². The van der Waals surface area contributed by atoms with Crippen LogP contribution in [0.1, 0.15) is 12.5 Å². The van der Waals surface area contributed by atoms with Gasteiger partial charge in [0, 0.05) is 19.1 Å². The van der Waals surface area contributed by atoms with Crippen LogP contribution in [-0.2, 0) is 25.6 Å². The molecule has 1 heterocycles. The molecule has 0 saturated carbocycles. The predicted octanol–water partition coefficient (Wildman–Crippen LogP) is 4.14. The molecule has 0 aromatic heterocycles. The van der Waals surface area contributed by atoms with E-state index >= 15 is 0 Å². The highest BCUT2D eigenvalue weighted by Crippen LogP contribution is 2.36. The first kappa shape index (κ1) is 19.4. The van der Waals surface area contributed by atoms with E-state index in [1.807, 2.05) is 43.3 Å². The molecular weight excluding hydrogens is 348 g/mol. The Morgan fingerprint density at radius 1 is 0.846 bits per heavy atom. The SMILES string of the molecule is CO[C@@H]1[C@H](OCc2ccccc2)[C@@H](C)O[C@@H](Sc2ccccc2)[C@H]1OC. The lowest BCUT2D eigenvalue weighted by Crippen LogP contribution is -2.57. The molecule has 0 unspecified atom stereocenters. The average Bonchev–Trinajstić information content (AvgIpc) is 2.68. The Morgan fingerprint density at radius 2 is 1.46 bits per heavy atom. The van der Waals surface area contributed by atoms with Gasteiger partial charge in [0.1, 0.15) is 23.7 Å². The van der Waals surface area contributed by atoms with Crippen molar-refractivity contribution in [1.29, 1.82) is 0 Å². The predicted molar refractivity (Wildman–Crippen MR) is 103 cm³/mol. The Morgan fingerprint density at radius 3 is 2.08 bits per heavy atom. The van der Waals surface area contributed by atoms with Crippen LogP contribution in [0.25, 0.3) is 0 Å². The second kappa shape index (κ2) is 9.53. The fraction of sp³-hybridized carbons (Fsp3) is 0.429. The van der Waals surface area contributed by atoms with Gasteiger partial charge < -0.3 is 18.9 Å². The third kappa shape index (κ3) is 4.67. The van der Waals surface area contributed by atoms with Crippen LogP contribution in [0.5, 0.6) is 0 Å². The zero-order valence-corrected chi connectivity index (χ0v) is 16.2. The standard InChI is InChI=1S/C21H26O4S/c1-15-18(24-14-16-10-6-4-7-11-16)19(22-2)20(23-3)21(25-15)26-17-12-8-5-9-13-17/h4-13,15,18-21H,14H2,1-3H3/t15-,18-,19-,20+,21+/m1/s1. The number of benzene rings is 2. The first-order valence-corrected chi connectivity index (χ1v) is 9.69. The Hall–Kier alpha value is -1.37. The molecule has 0 N–H and O–H groups in total. The van der Waals surface area contributed by atoms with Crippen LogP contribution < -0.4 is 0 Å². The molecule has 0 amide bonds. The lowest BCUT2D eigenvalue weighted by atomic mass is 10.00. The van der Waals surface area contributed by atoms with Crippen molar-refractivity contribution in [3.05, 3.63) is 66.2 Å². The van der Waals surface area contributed by atoms with E-state index in [9.17, 15) is 0 Å². The third-order valence-corrected chi connectivity index (χ3v) is 5.71. The zero-order chi connectivity index (χ0) is 18.4. The molecule has 5 atom stereocenters. The number of thioether (sulfide) groups is 1. The maximum absolute atomic E-state index is 6.26. The molecule has 26 heavy (non-hydrogen) atoms. The minimum atomic E-state index is -0.220. The number of hydrogen-bond donors (Lipinski definition) is 0. The average molecular weight is 375 g/mol. The summed E-state index contributed by atoms with van der Waals surface area (Å²) in [6.07, 6.45) is -0.718. The molecule has 1 aliphatic rings. The molecule has 1 fully saturated rings. The Bertz CT molecular complexity index is 650. The molecule has 2 aromatic carbocycles. The van der Waals surface area contributed by atoms with Gasteiger partial charge in [0.05, 0.1) is 12.7 Å². The highest BCUT2D eigenvalue weighted by atomic mass is 32.2. The summed E-state index contributed by atoms with van der Waals surface area (Å²) in [5.41, 5.74) is 0.975. The minimum Gasteiger partial charge on any atom is -0.376 e. The second-order valence-corrected chi connectivity index (χ2v) is 7.47. The number of hydrogen-bond acceptors (Lipinski definition) is 5. The van der Waals surface area contributed by atoms with E-state index in [0.717, 1.165) is 10.5 Å². The van der Waals surface area contributed by atoms with E-state index in [4.69, 9.17) is 18.9 Å². The molecule has 1 aliphatic heterocycles. The summed E-state index contributed by atoms with van der Waals surface area (Å²) >= 11 is 1.65. The van der Waals surface area contributed by atoms with Crippen LogP contribution in [0.4, 0.5) is 0 Å². The van der Waals surface area contributed by atoms with E-state index in [0.29, 0.717) is 6.61 Å². The number of methoxy groups -OCH3 is 2. The summed E-state index contributed by atoms with van der Waals surface area (Å²) in [4.78, 5) is 1.14. The highest BCUT2D eigenvalue weighted by Gasteiger charge is 2.46. The summed E-state index contributed by atoms with van der Waals surface area (Å²) in [6, 6.07) is 20.3. The van der Waals surface area contributed by atoms with Crippen LogP contribution in [0.15, 0.2) is 65.6 Å². The van der Waals surface area contributed by atoms with Crippen molar-refractivity contribution in [2.45, 2.75) is 48.3 Å². The van der Waals surface area contributed by atoms with Gasteiger partial charge in [-0.2, -0.15) is 0 Å². The Balaban J connectivity index is 1.70. The van der Waals surface area contributed by atoms with Gasteiger partial charge in [0.2, 0.25) is 0 Å². The maximum Gasteiger partial charge on any atom is 0.136 e. The largest absolute Gasteiger partial charge is 0.376 e. The van der Waals surface area contributed by atoms with E-state index in [1.54, 1.807) is 26.0 Å². The third-order valence-electron chi connectivity index (χ3n) is 4.55. The molecule has 3 rings (SSSR count). The first-order valence-electron chi connectivity index (χ1n) is 8.81. The van der Waals surface area contributed by atoms with Gasteiger partial charge >= 0.3 is 0 Å². The molecular formula is C21H26O4S. The van der Waals surface area contributed by atoms with Crippen molar-refractivity contribution >= 4 is 11.8 Å². The van der Waals surface area contributed by atoms with Crippen molar-refractivity contribution in [3.63, 3.8) is 0 Å². The van der Waals surface area contributed by atoms with E-state index in [1.165, 1.54) is 0 Å². The Labute approximate surface area is 159 Å². The first-order chi connectivity index (χ1) is 12.7. The van der Waals surface area contributed by atoms with Gasteiger partial charge in [-0.05, 0) is 24.6 Å². The number of ether oxygens (including phenoxy) is 4. The van der Waals surface area contributed by atoms with Crippen molar-refractivity contribution in [2.75, 3.05) is 14.2 Å². The van der Waals surface area contributed by atoms with Crippen LogP contribution in [0.2, 0.25) is 0 Å². The molecule has 5 heteroatoms. The molecule has 0 bridgehead atoms. The molecule has 0 spiro atoms. The van der Waals surface area contributed by atoms with E-state index < -0.39 is 0 Å². The summed E-state index contributed by atoms with van der Waals surface area (Å²) in [5, 5.41) is 0. The lowest BCUT2D eigenvalue weighted by Gasteiger charge is -2.44. The van der Waals surface area contributed by atoms with Crippen LogP contribution in [-0.4, -0.2) is 44.1 Å². The maximum atomic E-state index is 6.26. The smallest absolute Gasteiger partial charge is 0.136 e. The van der Waals surface area contributed by atoms with Gasteiger partial charge in [-0.3, -0.25) is 0 Å². The summed E-state index contributed by atoms with van der Waals surface area (Å²) in [7, 11) is 3.40. The summed E-state index contributed by atoms with van der Waals surface area (Å²) in [5.74, 6) is 0. The van der Waals surface area contributed by atoms with Gasteiger partial charge in [0.15, 0.2) is 0 Å². The van der Waals surface area contributed by atoms with Gasteiger partial charge in [-0.15, -0.1) is 0 Å². The zero-order valence-electron chi connectivity index (χ0n) is 15.4. The second-order valence-electron chi connectivity index (χ2n) is 6.30. The van der Waals surface area contributed by atoms with Crippen molar-refractivity contribution in [2.24, 2.45) is 0 Å². The monoisotopic (exact) mass is 374 g/mol. The summed E-state index contributed by atoms with van der Waals surface area (Å²) < 4.78 is 24.0. The number of rotatable bonds is 7. The fourth-order valence-electron chi connectivity index (χ4n) is 3.21. The quantitative estimate of drug-likeness (QED) is 0.728. The van der Waals surface area contributed by atoms with Crippen molar-refractivity contribution in [1.82, 2.24) is 0 Å². The molecule has 2 aromatic rings.